The molecule has 0 amide bonds. The van der Waals surface area contributed by atoms with E-state index in [2.05, 4.69) is 15.3 Å². The Morgan fingerprint density at radius 1 is 1.33 bits per heavy atom. The fourth-order valence-corrected chi connectivity index (χ4v) is 3.61. The molecule has 13 heteroatoms. The van der Waals surface area contributed by atoms with Gasteiger partial charge in [-0.1, -0.05) is 5.21 Å². The van der Waals surface area contributed by atoms with Crippen molar-refractivity contribution in [3.8, 4) is 0 Å². The average molecular weight is 442 g/mol. The molecule has 0 radical (unpaired) electrons. The number of aromatic amines is 1. The van der Waals surface area contributed by atoms with Crippen LogP contribution in [-0.4, -0.2) is 60.5 Å². The van der Waals surface area contributed by atoms with Gasteiger partial charge >= 0.3 is 11.7 Å². The number of aromatic nitrogens is 5. The molecule has 2 saturated heterocycles. The van der Waals surface area contributed by atoms with Gasteiger partial charge in [0.2, 0.25) is 0 Å². The molecule has 4 heterocycles. The highest BCUT2D eigenvalue weighted by atomic mass is 35.5. The Bertz CT molecular complexity index is 1050. The number of carbonyl (C=O) groups is 1. The first kappa shape index (κ1) is 20.7. The molecule has 0 spiro atoms. The quantitative estimate of drug-likeness (QED) is 0.465. The number of nitrogens with one attached hydrogen (secondary N) is 1. The van der Waals surface area contributed by atoms with Crippen LogP contribution in [0.1, 0.15) is 25.8 Å². The highest BCUT2D eigenvalue weighted by molar-refractivity contribution is 6.26. The summed E-state index contributed by atoms with van der Waals surface area (Å²) in [4.78, 5) is 37.0. The number of rotatable bonds is 6. The molecule has 162 valence electrons. The van der Waals surface area contributed by atoms with Gasteiger partial charge in [0.15, 0.2) is 12.0 Å². The lowest BCUT2D eigenvalue weighted by Crippen LogP contribution is -2.37. The summed E-state index contributed by atoms with van der Waals surface area (Å²) in [7, 11) is 0. The molecular weight excluding hydrogens is 422 g/mol. The first-order valence-corrected chi connectivity index (χ1v) is 9.72. The van der Waals surface area contributed by atoms with Crippen molar-refractivity contribution in [3.63, 3.8) is 0 Å². The van der Waals surface area contributed by atoms with Crippen molar-refractivity contribution in [2.75, 3.05) is 5.88 Å². The normalized spacial score (nSPS) is 27.2. The third-order valence-corrected chi connectivity index (χ3v) is 4.91. The molecular formula is C17H20ClN5O7. The molecule has 2 fully saturated rings. The predicted octanol–water partition coefficient (Wildman–Crippen LogP) is -0.472. The molecule has 4 atom stereocenters. The van der Waals surface area contributed by atoms with E-state index in [1.54, 1.807) is 20.0 Å². The van der Waals surface area contributed by atoms with Gasteiger partial charge in [-0.25, -0.2) is 9.48 Å². The Kier molecular flexibility index (Phi) is 5.49. The maximum Gasteiger partial charge on any atom is 0.330 e. The van der Waals surface area contributed by atoms with Crippen LogP contribution in [0.3, 0.4) is 0 Å². The first-order valence-electron chi connectivity index (χ1n) is 9.19. The van der Waals surface area contributed by atoms with E-state index in [9.17, 15) is 14.4 Å². The highest BCUT2D eigenvalue weighted by Gasteiger charge is 2.56. The minimum absolute atomic E-state index is 0.0504. The molecule has 0 bridgehead atoms. The minimum atomic E-state index is -0.870. The van der Waals surface area contributed by atoms with Crippen LogP contribution in [0.2, 0.25) is 0 Å². The molecule has 4 rings (SSSR count). The van der Waals surface area contributed by atoms with Crippen LogP contribution in [-0.2, 0) is 36.9 Å². The van der Waals surface area contributed by atoms with Crippen molar-refractivity contribution in [3.05, 3.63) is 45.0 Å². The Morgan fingerprint density at radius 2 is 2.10 bits per heavy atom. The molecule has 30 heavy (non-hydrogen) atoms. The third kappa shape index (κ3) is 4.17. The van der Waals surface area contributed by atoms with E-state index in [1.165, 1.54) is 21.5 Å². The van der Waals surface area contributed by atoms with Crippen molar-refractivity contribution < 1.29 is 23.7 Å². The van der Waals surface area contributed by atoms with E-state index in [4.69, 9.17) is 30.5 Å². The van der Waals surface area contributed by atoms with E-state index in [-0.39, 0.29) is 19.0 Å². The van der Waals surface area contributed by atoms with E-state index in [0.717, 1.165) is 0 Å². The lowest BCUT2D eigenvalue weighted by atomic mass is 10.1. The molecule has 0 unspecified atom stereocenters. The second-order valence-electron chi connectivity index (χ2n) is 7.37. The fourth-order valence-electron chi connectivity index (χ4n) is 3.53. The number of fused-ring (bicyclic) bond motifs is 1. The van der Waals surface area contributed by atoms with Crippen molar-refractivity contribution in [1.29, 1.82) is 0 Å². The summed E-state index contributed by atoms with van der Waals surface area (Å²) in [5, 5.41) is 7.96. The van der Waals surface area contributed by atoms with Gasteiger partial charge in [-0.2, -0.15) is 0 Å². The van der Waals surface area contributed by atoms with Crippen molar-refractivity contribution in [1.82, 2.24) is 24.5 Å². The van der Waals surface area contributed by atoms with Crippen LogP contribution in [0.4, 0.5) is 0 Å². The van der Waals surface area contributed by atoms with E-state index < -0.39 is 47.5 Å². The van der Waals surface area contributed by atoms with Crippen molar-refractivity contribution >= 4 is 17.6 Å². The predicted molar refractivity (Wildman–Crippen MR) is 99.6 cm³/mol. The molecule has 2 aromatic heterocycles. The van der Waals surface area contributed by atoms with Crippen LogP contribution >= 0.6 is 11.6 Å². The first-order chi connectivity index (χ1) is 14.3. The summed E-state index contributed by atoms with van der Waals surface area (Å²) in [6.07, 6.45) is 0.616. The molecule has 12 nitrogen and oxygen atoms in total. The summed E-state index contributed by atoms with van der Waals surface area (Å²) >= 11 is 5.39. The molecule has 0 aliphatic carbocycles. The van der Waals surface area contributed by atoms with Crippen molar-refractivity contribution in [2.45, 2.75) is 57.3 Å². The molecule has 2 aliphatic rings. The molecule has 1 N–H and O–H groups in total. The highest BCUT2D eigenvalue weighted by Crippen LogP contribution is 2.42. The number of ether oxygens (including phenoxy) is 4. The van der Waals surface area contributed by atoms with Gasteiger partial charge in [-0.3, -0.25) is 19.1 Å². The standard InChI is InChI=1S/C17H20ClN5O7/c1-17(2)29-13-10(7-22-6-9(20-21-22)8-27-12(25)5-18)28-15(14(13)30-17)23-4-3-11(24)19-16(23)26/h3-4,6,10,13-15H,5,7-8H2,1-2H3,(H,19,24,26)/t10-,13-,14-,15-/m1/s1. The lowest BCUT2D eigenvalue weighted by Gasteiger charge is -2.24. The lowest BCUT2D eigenvalue weighted by molar-refractivity contribution is -0.198. The van der Waals surface area contributed by atoms with E-state index in [1.807, 2.05) is 0 Å². The van der Waals surface area contributed by atoms with E-state index in [0.29, 0.717) is 5.69 Å². The Hall–Kier alpha value is -2.54. The Balaban J connectivity index is 1.52. The smallest absolute Gasteiger partial charge is 0.330 e. The summed E-state index contributed by atoms with van der Waals surface area (Å²) in [6.45, 7) is 3.75. The second-order valence-corrected chi connectivity index (χ2v) is 7.64. The monoisotopic (exact) mass is 441 g/mol. The SMILES string of the molecule is CC1(C)O[C@@H]2[C@H](O1)[C@@H](Cn1cc(COC(=O)CCl)nn1)O[C@H]2n1ccc(=O)[nH]c1=O. The maximum absolute atomic E-state index is 12.2. The van der Waals surface area contributed by atoms with Gasteiger partial charge in [-0.05, 0) is 13.8 Å². The Morgan fingerprint density at radius 3 is 2.83 bits per heavy atom. The van der Waals surface area contributed by atoms with Gasteiger partial charge in [0.1, 0.15) is 36.5 Å². The van der Waals surface area contributed by atoms with Gasteiger partial charge in [0.25, 0.3) is 5.56 Å². The number of halogens is 1. The molecule has 2 aliphatic heterocycles. The third-order valence-electron chi connectivity index (χ3n) is 4.69. The van der Waals surface area contributed by atoms with Gasteiger partial charge in [-0.15, -0.1) is 16.7 Å². The zero-order valence-corrected chi connectivity index (χ0v) is 16.9. The summed E-state index contributed by atoms with van der Waals surface area (Å²) < 4.78 is 25.7. The van der Waals surface area contributed by atoms with Crippen LogP contribution < -0.4 is 11.2 Å². The van der Waals surface area contributed by atoms with Gasteiger partial charge in [0, 0.05) is 12.3 Å². The number of carbonyl (C=O) groups excluding carboxylic acids is 1. The zero-order valence-electron chi connectivity index (χ0n) is 16.2. The number of alkyl halides is 1. The van der Waals surface area contributed by atoms with Gasteiger partial charge in [0.05, 0.1) is 12.7 Å². The van der Waals surface area contributed by atoms with Crippen LogP contribution in [0.25, 0.3) is 0 Å². The Labute approximate surface area is 174 Å². The van der Waals surface area contributed by atoms with Crippen LogP contribution in [0.15, 0.2) is 28.0 Å². The van der Waals surface area contributed by atoms with Crippen LogP contribution in [0.5, 0.6) is 0 Å². The topological polar surface area (TPSA) is 140 Å². The van der Waals surface area contributed by atoms with Crippen molar-refractivity contribution in [2.24, 2.45) is 0 Å². The fraction of sp³-hybridized carbons (Fsp3) is 0.588. The number of esters is 1. The summed E-state index contributed by atoms with van der Waals surface area (Å²) in [5.74, 6) is -1.67. The number of nitrogens with zero attached hydrogens (tertiary/aromatic N) is 4. The molecule has 0 aromatic carbocycles. The summed E-state index contributed by atoms with van der Waals surface area (Å²) in [5.41, 5.74) is -0.666. The maximum atomic E-state index is 12.2. The number of hydrogen-bond donors (Lipinski definition) is 1. The average Bonchev–Trinajstić information content (AvgIpc) is 3.34. The van der Waals surface area contributed by atoms with Crippen LogP contribution in [0, 0.1) is 0 Å². The van der Waals surface area contributed by atoms with Gasteiger partial charge < -0.3 is 18.9 Å². The molecule has 2 aromatic rings. The minimum Gasteiger partial charge on any atom is -0.458 e. The zero-order chi connectivity index (χ0) is 21.5. The second kappa shape index (κ2) is 7.95. The van der Waals surface area contributed by atoms with E-state index >= 15 is 0 Å². The molecule has 0 saturated carbocycles. The summed E-state index contributed by atoms with van der Waals surface area (Å²) in [6, 6.07) is 1.24. The largest absolute Gasteiger partial charge is 0.458 e. The number of hydrogen-bond acceptors (Lipinski definition) is 9. The number of H-pyrrole nitrogens is 1.